The van der Waals surface area contributed by atoms with Crippen LogP contribution in [0.15, 0.2) is 6.20 Å². The van der Waals surface area contributed by atoms with Crippen molar-refractivity contribution in [1.82, 2.24) is 15.3 Å². The van der Waals surface area contributed by atoms with Crippen molar-refractivity contribution in [3.63, 3.8) is 0 Å². The van der Waals surface area contributed by atoms with Gasteiger partial charge in [0, 0.05) is 38.1 Å². The lowest BCUT2D eigenvalue weighted by Gasteiger charge is -2.06. The summed E-state index contributed by atoms with van der Waals surface area (Å²) in [5, 5.41) is 3.41. The highest BCUT2D eigenvalue weighted by atomic mass is 16.5. The Balaban J connectivity index is 1.75. The standard InChI is InChI=1S/C13H23N3O/c1-10(2)6-14-7-12-8-15-13(16-12)5-11-3-4-17-9-11/h8,10-11,14H,3-7,9H2,1-2H3,(H,15,16). The lowest BCUT2D eigenvalue weighted by molar-refractivity contribution is 0.185. The summed E-state index contributed by atoms with van der Waals surface area (Å²) in [7, 11) is 0. The van der Waals surface area contributed by atoms with E-state index in [4.69, 9.17) is 4.74 Å². The molecule has 1 aliphatic heterocycles. The SMILES string of the molecule is CC(C)CNCc1cnc(CC2CCOC2)[nH]1. The molecule has 0 aliphatic carbocycles. The summed E-state index contributed by atoms with van der Waals surface area (Å²) in [6.45, 7) is 8.16. The first kappa shape index (κ1) is 12.6. The first-order valence-electron chi connectivity index (χ1n) is 6.55. The van der Waals surface area contributed by atoms with Gasteiger partial charge in [-0.1, -0.05) is 13.8 Å². The minimum atomic E-state index is 0.651. The van der Waals surface area contributed by atoms with E-state index in [9.17, 15) is 0 Å². The van der Waals surface area contributed by atoms with Gasteiger partial charge in [0.2, 0.25) is 0 Å². The van der Waals surface area contributed by atoms with Crippen LogP contribution in [0.1, 0.15) is 31.8 Å². The van der Waals surface area contributed by atoms with Crippen LogP contribution in [0, 0.1) is 11.8 Å². The van der Waals surface area contributed by atoms with E-state index in [0.717, 1.165) is 38.5 Å². The van der Waals surface area contributed by atoms with Gasteiger partial charge in [-0.15, -0.1) is 0 Å². The smallest absolute Gasteiger partial charge is 0.106 e. The Labute approximate surface area is 103 Å². The highest BCUT2D eigenvalue weighted by Crippen LogP contribution is 2.16. The molecule has 0 spiro atoms. The van der Waals surface area contributed by atoms with E-state index in [1.807, 2.05) is 6.20 Å². The van der Waals surface area contributed by atoms with Gasteiger partial charge in [0.05, 0.1) is 0 Å². The Hall–Kier alpha value is -0.870. The summed E-state index contributed by atoms with van der Waals surface area (Å²) in [5.74, 6) is 2.44. The maximum atomic E-state index is 5.37. The third kappa shape index (κ3) is 4.13. The number of aromatic amines is 1. The van der Waals surface area contributed by atoms with E-state index in [1.54, 1.807) is 0 Å². The van der Waals surface area contributed by atoms with Crippen LogP contribution in [-0.2, 0) is 17.7 Å². The molecule has 1 unspecified atom stereocenters. The second-order valence-electron chi connectivity index (χ2n) is 5.31. The van der Waals surface area contributed by atoms with Crippen molar-refractivity contribution in [3.8, 4) is 0 Å². The van der Waals surface area contributed by atoms with Gasteiger partial charge in [0.25, 0.3) is 0 Å². The average Bonchev–Trinajstić information content (AvgIpc) is 2.90. The Bertz CT molecular complexity index is 329. The first-order chi connectivity index (χ1) is 8.24. The lowest BCUT2D eigenvalue weighted by atomic mass is 10.1. The van der Waals surface area contributed by atoms with Crippen molar-refractivity contribution in [2.24, 2.45) is 11.8 Å². The molecule has 0 radical (unpaired) electrons. The van der Waals surface area contributed by atoms with Crippen LogP contribution in [0.5, 0.6) is 0 Å². The quantitative estimate of drug-likeness (QED) is 0.792. The Morgan fingerprint density at radius 2 is 2.47 bits per heavy atom. The van der Waals surface area contributed by atoms with Gasteiger partial charge in [-0.3, -0.25) is 0 Å². The van der Waals surface area contributed by atoms with E-state index in [2.05, 4.69) is 29.1 Å². The van der Waals surface area contributed by atoms with Gasteiger partial charge in [0.1, 0.15) is 5.82 Å². The number of hydrogen-bond acceptors (Lipinski definition) is 3. The van der Waals surface area contributed by atoms with Gasteiger partial charge in [-0.2, -0.15) is 0 Å². The second kappa shape index (κ2) is 6.17. The molecule has 1 aliphatic rings. The zero-order valence-electron chi connectivity index (χ0n) is 10.8. The van der Waals surface area contributed by atoms with Crippen molar-refractivity contribution < 1.29 is 4.74 Å². The highest BCUT2D eigenvalue weighted by molar-refractivity contribution is 5.02. The molecular formula is C13H23N3O. The maximum Gasteiger partial charge on any atom is 0.106 e. The summed E-state index contributed by atoms with van der Waals surface area (Å²) in [6, 6.07) is 0. The highest BCUT2D eigenvalue weighted by Gasteiger charge is 2.17. The van der Waals surface area contributed by atoms with E-state index < -0.39 is 0 Å². The molecule has 2 rings (SSSR count). The van der Waals surface area contributed by atoms with Crippen LogP contribution < -0.4 is 5.32 Å². The Morgan fingerprint density at radius 1 is 1.59 bits per heavy atom. The van der Waals surface area contributed by atoms with E-state index in [1.165, 1.54) is 12.1 Å². The van der Waals surface area contributed by atoms with Gasteiger partial charge in [0.15, 0.2) is 0 Å². The fraction of sp³-hybridized carbons (Fsp3) is 0.769. The van der Waals surface area contributed by atoms with Gasteiger partial charge < -0.3 is 15.0 Å². The molecule has 0 bridgehead atoms. The molecule has 0 saturated carbocycles. The van der Waals surface area contributed by atoms with Gasteiger partial charge in [-0.05, 0) is 24.8 Å². The van der Waals surface area contributed by atoms with Crippen molar-refractivity contribution in [2.45, 2.75) is 33.2 Å². The summed E-state index contributed by atoms with van der Waals surface area (Å²) >= 11 is 0. The summed E-state index contributed by atoms with van der Waals surface area (Å²) in [6.07, 6.45) is 4.13. The second-order valence-corrected chi connectivity index (χ2v) is 5.31. The molecule has 2 N–H and O–H groups in total. The van der Waals surface area contributed by atoms with Crippen molar-refractivity contribution in [2.75, 3.05) is 19.8 Å². The Kier molecular flexibility index (Phi) is 4.57. The molecule has 0 aromatic carbocycles. The molecule has 2 heterocycles. The molecule has 4 heteroatoms. The van der Waals surface area contributed by atoms with E-state index in [-0.39, 0.29) is 0 Å². The third-order valence-corrected chi connectivity index (χ3v) is 3.06. The lowest BCUT2D eigenvalue weighted by Crippen LogP contribution is -2.19. The fourth-order valence-corrected chi connectivity index (χ4v) is 2.11. The normalized spacial score (nSPS) is 20.3. The van der Waals surface area contributed by atoms with Crippen LogP contribution in [0.4, 0.5) is 0 Å². The summed E-state index contributed by atoms with van der Waals surface area (Å²) in [4.78, 5) is 7.81. The zero-order valence-corrected chi connectivity index (χ0v) is 10.8. The summed E-state index contributed by atoms with van der Waals surface area (Å²) in [5.41, 5.74) is 1.18. The molecule has 1 aromatic rings. The van der Waals surface area contributed by atoms with Crippen LogP contribution in [0.25, 0.3) is 0 Å². The Morgan fingerprint density at radius 3 is 3.18 bits per heavy atom. The topological polar surface area (TPSA) is 49.9 Å². The summed E-state index contributed by atoms with van der Waals surface area (Å²) < 4.78 is 5.37. The van der Waals surface area contributed by atoms with Crippen LogP contribution in [-0.4, -0.2) is 29.7 Å². The van der Waals surface area contributed by atoms with Crippen molar-refractivity contribution in [3.05, 3.63) is 17.7 Å². The van der Waals surface area contributed by atoms with Crippen LogP contribution in [0.2, 0.25) is 0 Å². The monoisotopic (exact) mass is 237 g/mol. The number of H-pyrrole nitrogens is 1. The molecular weight excluding hydrogens is 214 g/mol. The predicted molar refractivity (Wildman–Crippen MR) is 67.8 cm³/mol. The minimum Gasteiger partial charge on any atom is -0.381 e. The predicted octanol–water partition coefficient (Wildman–Crippen LogP) is 1.73. The average molecular weight is 237 g/mol. The molecule has 4 nitrogen and oxygen atoms in total. The maximum absolute atomic E-state index is 5.37. The minimum absolute atomic E-state index is 0.651. The number of hydrogen-bond donors (Lipinski definition) is 2. The van der Waals surface area contributed by atoms with Crippen LogP contribution in [0.3, 0.4) is 0 Å². The largest absolute Gasteiger partial charge is 0.381 e. The molecule has 17 heavy (non-hydrogen) atoms. The van der Waals surface area contributed by atoms with Crippen molar-refractivity contribution >= 4 is 0 Å². The van der Waals surface area contributed by atoms with Gasteiger partial charge >= 0.3 is 0 Å². The molecule has 1 aromatic heterocycles. The van der Waals surface area contributed by atoms with E-state index in [0.29, 0.717) is 11.8 Å². The number of ether oxygens (including phenoxy) is 1. The number of nitrogens with zero attached hydrogens (tertiary/aromatic N) is 1. The molecule has 1 atom stereocenters. The van der Waals surface area contributed by atoms with Crippen LogP contribution >= 0.6 is 0 Å². The number of nitrogens with one attached hydrogen (secondary N) is 2. The van der Waals surface area contributed by atoms with Gasteiger partial charge in [-0.25, -0.2) is 4.98 Å². The molecule has 0 amide bonds. The first-order valence-corrected chi connectivity index (χ1v) is 6.55. The number of imidazole rings is 1. The molecule has 96 valence electrons. The molecule has 1 saturated heterocycles. The zero-order chi connectivity index (χ0) is 12.1. The number of aromatic nitrogens is 2. The number of rotatable bonds is 6. The van der Waals surface area contributed by atoms with E-state index >= 15 is 0 Å². The fourth-order valence-electron chi connectivity index (χ4n) is 2.11. The third-order valence-electron chi connectivity index (χ3n) is 3.06. The molecule has 1 fully saturated rings. The van der Waals surface area contributed by atoms with Crippen molar-refractivity contribution in [1.29, 1.82) is 0 Å².